The van der Waals surface area contributed by atoms with Crippen LogP contribution in [0.4, 0.5) is 0 Å². The van der Waals surface area contributed by atoms with E-state index in [-0.39, 0.29) is 6.04 Å². The van der Waals surface area contributed by atoms with E-state index in [9.17, 15) is 0 Å². The largest absolute Gasteiger partial charge is 0.334 e. The summed E-state index contributed by atoms with van der Waals surface area (Å²) in [4.78, 5) is 4.23. The zero-order chi connectivity index (χ0) is 9.97. The molecule has 1 aromatic rings. The highest BCUT2D eigenvalue weighted by atomic mass is 15.0. The van der Waals surface area contributed by atoms with Crippen LogP contribution in [0.2, 0.25) is 0 Å². The number of hydrogen-bond donors (Lipinski definition) is 1. The maximum atomic E-state index is 5.75. The Bertz CT molecular complexity index is 286. The van der Waals surface area contributed by atoms with Crippen molar-refractivity contribution in [2.24, 2.45) is 5.73 Å². The minimum Gasteiger partial charge on any atom is -0.334 e. The average molecular weight is 193 g/mol. The van der Waals surface area contributed by atoms with Crippen LogP contribution in [0.15, 0.2) is 12.5 Å². The molecule has 2 rings (SSSR count). The van der Waals surface area contributed by atoms with Crippen LogP contribution in [-0.4, -0.2) is 15.6 Å². The predicted molar refractivity (Wildman–Crippen MR) is 57.1 cm³/mol. The molecule has 1 unspecified atom stereocenters. The zero-order valence-corrected chi connectivity index (χ0v) is 8.82. The van der Waals surface area contributed by atoms with Gasteiger partial charge in [-0.3, -0.25) is 0 Å². The van der Waals surface area contributed by atoms with Gasteiger partial charge in [0.15, 0.2) is 0 Å². The third-order valence-electron chi connectivity index (χ3n) is 3.09. The van der Waals surface area contributed by atoms with Crippen molar-refractivity contribution in [3.8, 4) is 0 Å². The highest BCUT2D eigenvalue weighted by molar-refractivity contribution is 5.09. The van der Waals surface area contributed by atoms with Crippen LogP contribution in [0.1, 0.15) is 44.2 Å². The lowest BCUT2D eigenvalue weighted by molar-refractivity contribution is 0.392. The molecule has 78 valence electrons. The number of imidazole rings is 1. The summed E-state index contributed by atoms with van der Waals surface area (Å²) in [5.74, 6) is 0.769. The van der Waals surface area contributed by atoms with Crippen LogP contribution in [0.5, 0.6) is 0 Å². The van der Waals surface area contributed by atoms with Gasteiger partial charge in [0.25, 0.3) is 0 Å². The third kappa shape index (κ3) is 1.98. The predicted octanol–water partition coefficient (Wildman–Crippen LogP) is 1.89. The molecule has 1 atom stereocenters. The molecule has 0 aliphatic heterocycles. The standard InChI is InChI=1S/C11H19N3/c1-9(12)5-6-14-8-13-7-11(14)10-3-2-4-10/h7-10H,2-6,12H2,1H3. The Kier molecular flexibility index (Phi) is 2.87. The Morgan fingerprint density at radius 2 is 2.43 bits per heavy atom. The number of nitrogens with two attached hydrogens (primary N) is 1. The summed E-state index contributed by atoms with van der Waals surface area (Å²) in [6.45, 7) is 3.07. The van der Waals surface area contributed by atoms with Gasteiger partial charge in [0, 0.05) is 30.4 Å². The van der Waals surface area contributed by atoms with Crippen molar-refractivity contribution in [3.05, 3.63) is 18.2 Å². The van der Waals surface area contributed by atoms with Crippen molar-refractivity contribution in [2.75, 3.05) is 0 Å². The Balaban J connectivity index is 1.98. The SMILES string of the molecule is CC(N)CCn1cncc1C1CCC1. The van der Waals surface area contributed by atoms with Crippen molar-refractivity contribution in [3.63, 3.8) is 0 Å². The van der Waals surface area contributed by atoms with Crippen LogP contribution in [0, 0.1) is 0 Å². The molecular weight excluding hydrogens is 174 g/mol. The first-order valence-electron chi connectivity index (χ1n) is 5.53. The van der Waals surface area contributed by atoms with E-state index in [1.165, 1.54) is 25.0 Å². The van der Waals surface area contributed by atoms with Crippen LogP contribution in [-0.2, 0) is 6.54 Å². The Morgan fingerprint density at radius 1 is 1.64 bits per heavy atom. The van der Waals surface area contributed by atoms with Gasteiger partial charge in [-0.05, 0) is 26.2 Å². The van der Waals surface area contributed by atoms with E-state index in [0.717, 1.165) is 18.9 Å². The van der Waals surface area contributed by atoms with Gasteiger partial charge >= 0.3 is 0 Å². The van der Waals surface area contributed by atoms with Gasteiger partial charge in [0.1, 0.15) is 0 Å². The lowest BCUT2D eigenvalue weighted by Crippen LogP contribution is -2.19. The first-order chi connectivity index (χ1) is 6.77. The Hall–Kier alpha value is -0.830. The third-order valence-corrected chi connectivity index (χ3v) is 3.09. The molecule has 0 aromatic carbocycles. The molecule has 3 nitrogen and oxygen atoms in total. The van der Waals surface area contributed by atoms with Crippen LogP contribution < -0.4 is 5.73 Å². The summed E-state index contributed by atoms with van der Waals surface area (Å²) < 4.78 is 2.27. The van der Waals surface area contributed by atoms with Gasteiger partial charge in [0.05, 0.1) is 6.33 Å². The number of rotatable bonds is 4. The van der Waals surface area contributed by atoms with E-state index in [0.29, 0.717) is 0 Å². The second-order valence-electron chi connectivity index (χ2n) is 4.41. The van der Waals surface area contributed by atoms with E-state index in [4.69, 9.17) is 5.73 Å². The maximum absolute atomic E-state index is 5.75. The van der Waals surface area contributed by atoms with Crippen molar-refractivity contribution >= 4 is 0 Å². The molecule has 0 saturated heterocycles. The van der Waals surface area contributed by atoms with Crippen molar-refractivity contribution in [1.82, 2.24) is 9.55 Å². The number of nitrogens with zero attached hydrogens (tertiary/aromatic N) is 2. The van der Waals surface area contributed by atoms with Crippen LogP contribution in [0.3, 0.4) is 0 Å². The van der Waals surface area contributed by atoms with Gasteiger partial charge in [-0.1, -0.05) is 6.42 Å². The molecule has 3 heteroatoms. The van der Waals surface area contributed by atoms with Crippen molar-refractivity contribution in [1.29, 1.82) is 0 Å². The van der Waals surface area contributed by atoms with E-state index < -0.39 is 0 Å². The highest BCUT2D eigenvalue weighted by Gasteiger charge is 2.22. The van der Waals surface area contributed by atoms with Crippen LogP contribution >= 0.6 is 0 Å². The summed E-state index contributed by atoms with van der Waals surface area (Å²) >= 11 is 0. The first kappa shape index (κ1) is 9.71. The maximum Gasteiger partial charge on any atom is 0.0948 e. The topological polar surface area (TPSA) is 43.8 Å². The fraction of sp³-hybridized carbons (Fsp3) is 0.727. The van der Waals surface area contributed by atoms with Gasteiger partial charge in [-0.25, -0.2) is 4.98 Å². The van der Waals surface area contributed by atoms with Crippen LogP contribution in [0.25, 0.3) is 0 Å². The molecule has 0 bridgehead atoms. The fourth-order valence-corrected chi connectivity index (χ4v) is 1.90. The molecule has 0 amide bonds. The summed E-state index contributed by atoms with van der Waals surface area (Å²) in [6, 6.07) is 0.284. The van der Waals surface area contributed by atoms with E-state index in [1.54, 1.807) is 0 Å². The first-order valence-corrected chi connectivity index (χ1v) is 5.53. The summed E-state index contributed by atoms with van der Waals surface area (Å²) in [7, 11) is 0. The molecule has 0 spiro atoms. The highest BCUT2D eigenvalue weighted by Crippen LogP contribution is 2.36. The molecular formula is C11H19N3. The Labute approximate surface area is 85.3 Å². The normalized spacial score (nSPS) is 19.3. The molecule has 1 aliphatic carbocycles. The lowest BCUT2D eigenvalue weighted by atomic mass is 9.83. The van der Waals surface area contributed by atoms with Crippen molar-refractivity contribution < 1.29 is 0 Å². The van der Waals surface area contributed by atoms with Gasteiger partial charge in [-0.15, -0.1) is 0 Å². The minimum atomic E-state index is 0.284. The van der Waals surface area contributed by atoms with E-state index in [1.807, 2.05) is 12.5 Å². The monoisotopic (exact) mass is 193 g/mol. The molecule has 14 heavy (non-hydrogen) atoms. The molecule has 1 fully saturated rings. The van der Waals surface area contributed by atoms with Gasteiger partial charge < -0.3 is 10.3 Å². The number of aryl methyl sites for hydroxylation is 1. The van der Waals surface area contributed by atoms with Gasteiger partial charge in [0.2, 0.25) is 0 Å². The number of aromatic nitrogens is 2. The quantitative estimate of drug-likeness (QED) is 0.793. The summed E-state index contributed by atoms with van der Waals surface area (Å²) in [5.41, 5.74) is 7.16. The molecule has 1 saturated carbocycles. The van der Waals surface area contributed by atoms with Gasteiger partial charge in [-0.2, -0.15) is 0 Å². The Morgan fingerprint density at radius 3 is 3.00 bits per heavy atom. The molecule has 2 N–H and O–H groups in total. The van der Waals surface area contributed by atoms with Crippen molar-refractivity contribution in [2.45, 2.75) is 51.1 Å². The smallest absolute Gasteiger partial charge is 0.0948 e. The minimum absolute atomic E-state index is 0.284. The second kappa shape index (κ2) is 4.13. The molecule has 1 aliphatic rings. The molecule has 1 aromatic heterocycles. The second-order valence-corrected chi connectivity index (χ2v) is 4.41. The van der Waals surface area contributed by atoms with E-state index >= 15 is 0 Å². The zero-order valence-electron chi connectivity index (χ0n) is 8.82. The summed E-state index contributed by atoms with van der Waals surface area (Å²) in [5, 5.41) is 0. The average Bonchev–Trinajstić information content (AvgIpc) is 2.46. The molecule has 0 radical (unpaired) electrons. The van der Waals surface area contributed by atoms with E-state index in [2.05, 4.69) is 16.5 Å². The molecule has 1 heterocycles. The number of hydrogen-bond acceptors (Lipinski definition) is 2. The summed E-state index contributed by atoms with van der Waals surface area (Å²) in [6.07, 6.45) is 9.05. The fourth-order valence-electron chi connectivity index (χ4n) is 1.90. The lowest BCUT2D eigenvalue weighted by Gasteiger charge is -2.26.